The molecule has 39 heavy (non-hydrogen) atoms. The number of carbonyl (C=O) groups excluding carboxylic acids is 1. The number of hydrogen-bond donors (Lipinski definition) is 2. The van der Waals surface area contributed by atoms with Gasteiger partial charge in [0.25, 0.3) is 16.8 Å². The van der Waals surface area contributed by atoms with Crippen LogP contribution in [-0.4, -0.2) is 80.1 Å². The van der Waals surface area contributed by atoms with Crippen molar-refractivity contribution in [1.82, 2.24) is 14.7 Å². The van der Waals surface area contributed by atoms with E-state index in [4.69, 9.17) is 16.3 Å². The number of carbonyl (C=O) groups is 1. The number of nitrogens with one attached hydrogen (secondary N) is 2. The van der Waals surface area contributed by atoms with Crippen LogP contribution in [0.25, 0.3) is 0 Å². The van der Waals surface area contributed by atoms with Gasteiger partial charge in [-0.2, -0.15) is 0 Å². The van der Waals surface area contributed by atoms with Crippen molar-refractivity contribution in [2.45, 2.75) is 19.5 Å². The Morgan fingerprint density at radius 2 is 1.82 bits per heavy atom. The number of halogens is 2. The third-order valence-corrected chi connectivity index (χ3v) is 6.91. The van der Waals surface area contributed by atoms with Crippen LogP contribution in [0.5, 0.6) is 5.75 Å². The first-order valence-electron chi connectivity index (χ1n) is 12.8. The number of hydrogen-bond acceptors (Lipinski definition) is 8. The van der Waals surface area contributed by atoms with Crippen LogP contribution in [-0.2, 0) is 11.3 Å². The summed E-state index contributed by atoms with van der Waals surface area (Å²) < 4.78 is 19.1. The van der Waals surface area contributed by atoms with Gasteiger partial charge in [-0.05, 0) is 56.9 Å². The average Bonchev–Trinajstić information content (AvgIpc) is 2.90. The number of amides is 1. The number of benzene rings is 2. The number of anilines is 3. The smallest absolute Gasteiger partial charge is 0.260 e. The zero-order valence-corrected chi connectivity index (χ0v) is 23.1. The van der Waals surface area contributed by atoms with Gasteiger partial charge >= 0.3 is 0 Å². The van der Waals surface area contributed by atoms with E-state index in [-0.39, 0.29) is 35.7 Å². The first kappa shape index (κ1) is 28.5. The molecule has 4 rings (SSSR count). The first-order chi connectivity index (χ1) is 18.6. The highest BCUT2D eigenvalue weighted by Gasteiger charge is 2.28. The minimum absolute atomic E-state index is 0.0299. The van der Waals surface area contributed by atoms with Crippen molar-refractivity contribution in [1.29, 1.82) is 0 Å². The van der Waals surface area contributed by atoms with E-state index < -0.39 is 10.9 Å². The number of piperazine rings is 1. The van der Waals surface area contributed by atoms with Gasteiger partial charge < -0.3 is 25.2 Å². The van der Waals surface area contributed by atoms with E-state index in [1.165, 1.54) is 12.1 Å². The van der Waals surface area contributed by atoms with Crippen LogP contribution >= 0.6 is 11.6 Å². The van der Waals surface area contributed by atoms with Crippen molar-refractivity contribution in [3.05, 3.63) is 79.3 Å². The van der Waals surface area contributed by atoms with Crippen LogP contribution in [0.3, 0.4) is 0 Å². The molecule has 0 aromatic heterocycles. The molecule has 0 bridgehead atoms. The van der Waals surface area contributed by atoms with Gasteiger partial charge in [0, 0.05) is 50.3 Å². The molecule has 1 atom stereocenters. The molecule has 0 spiro atoms. The molecule has 11 heteroatoms. The SMILES string of the molecule is C[C@@H]1CN(Cc2ccc(F)cc2)CCN1C(=O)COc1ccc(Cl)cc1Nc1c(NCCN(C)C)c(=O)c1=O. The zero-order valence-electron chi connectivity index (χ0n) is 22.3. The highest BCUT2D eigenvalue weighted by molar-refractivity contribution is 6.31. The summed E-state index contributed by atoms with van der Waals surface area (Å²) in [5.41, 5.74) is 0.557. The largest absolute Gasteiger partial charge is 0.482 e. The van der Waals surface area contributed by atoms with Crippen LogP contribution in [0, 0.1) is 5.82 Å². The molecule has 0 aliphatic carbocycles. The maximum Gasteiger partial charge on any atom is 0.260 e. The lowest BCUT2D eigenvalue weighted by molar-refractivity contribution is -0.137. The second-order valence-corrected chi connectivity index (χ2v) is 10.4. The molecule has 3 aromatic rings. The Morgan fingerprint density at radius 3 is 2.51 bits per heavy atom. The van der Waals surface area contributed by atoms with Crippen LogP contribution < -0.4 is 26.2 Å². The number of likely N-dealkylation sites (N-methyl/N-ethyl adjacent to an activating group) is 1. The molecule has 208 valence electrons. The number of rotatable bonds is 11. The Labute approximate surface area is 231 Å². The predicted molar refractivity (Wildman–Crippen MR) is 151 cm³/mol. The van der Waals surface area contributed by atoms with E-state index in [0.29, 0.717) is 55.7 Å². The van der Waals surface area contributed by atoms with Crippen molar-refractivity contribution >= 4 is 34.6 Å². The summed E-state index contributed by atoms with van der Waals surface area (Å²) in [6.07, 6.45) is 0. The molecule has 1 fully saturated rings. The molecule has 1 aliphatic heterocycles. The minimum Gasteiger partial charge on any atom is -0.482 e. The molecule has 1 aliphatic rings. The van der Waals surface area contributed by atoms with E-state index in [1.54, 1.807) is 35.2 Å². The van der Waals surface area contributed by atoms with Crippen LogP contribution in [0.2, 0.25) is 5.02 Å². The fraction of sp³-hybridized carbons (Fsp3) is 0.393. The molecular weight excluding hydrogens is 525 g/mol. The molecule has 0 saturated carbocycles. The van der Waals surface area contributed by atoms with Crippen molar-refractivity contribution < 1.29 is 13.9 Å². The van der Waals surface area contributed by atoms with Crippen LogP contribution in [0.15, 0.2) is 52.1 Å². The summed E-state index contributed by atoms with van der Waals surface area (Å²) in [7, 11) is 3.82. The Kier molecular flexibility index (Phi) is 9.21. The molecule has 3 aromatic carbocycles. The first-order valence-corrected chi connectivity index (χ1v) is 13.2. The third-order valence-electron chi connectivity index (χ3n) is 6.67. The quantitative estimate of drug-likeness (QED) is 0.348. The Balaban J connectivity index is 1.36. The Bertz CT molecular complexity index is 1370. The van der Waals surface area contributed by atoms with E-state index in [9.17, 15) is 18.8 Å². The van der Waals surface area contributed by atoms with Gasteiger partial charge in [0.15, 0.2) is 6.61 Å². The molecule has 1 heterocycles. The fourth-order valence-corrected chi connectivity index (χ4v) is 4.73. The summed E-state index contributed by atoms with van der Waals surface area (Å²) in [4.78, 5) is 43.4. The normalized spacial score (nSPS) is 16.1. The van der Waals surface area contributed by atoms with Crippen LogP contribution in [0.4, 0.5) is 21.5 Å². The van der Waals surface area contributed by atoms with Gasteiger partial charge in [-0.25, -0.2) is 4.39 Å². The Hall–Kier alpha value is -3.47. The fourth-order valence-electron chi connectivity index (χ4n) is 4.56. The van der Waals surface area contributed by atoms with Crippen molar-refractivity contribution in [3.8, 4) is 5.75 Å². The van der Waals surface area contributed by atoms with Gasteiger partial charge in [0.2, 0.25) is 0 Å². The van der Waals surface area contributed by atoms with Crippen molar-refractivity contribution in [2.75, 3.05) is 64.1 Å². The minimum atomic E-state index is -0.628. The standard InChI is InChI=1S/C28H33ClFN5O4/c1-18-15-34(16-19-4-7-21(30)8-5-19)12-13-35(18)24(36)17-39-23-9-6-20(29)14-22(23)32-26-25(27(37)28(26)38)31-10-11-33(2)3/h4-9,14,18,31-32H,10-13,15-17H2,1-3H3/t18-/m1/s1. The van der Waals surface area contributed by atoms with Crippen LogP contribution in [0.1, 0.15) is 12.5 Å². The molecule has 1 saturated heterocycles. The van der Waals surface area contributed by atoms with Gasteiger partial charge in [-0.15, -0.1) is 0 Å². The van der Waals surface area contributed by atoms with Gasteiger partial charge in [0.1, 0.15) is 22.9 Å². The van der Waals surface area contributed by atoms with E-state index in [0.717, 1.165) is 5.56 Å². The summed E-state index contributed by atoms with van der Waals surface area (Å²) >= 11 is 6.18. The summed E-state index contributed by atoms with van der Waals surface area (Å²) in [6.45, 7) is 5.58. The molecule has 0 radical (unpaired) electrons. The molecule has 1 amide bonds. The predicted octanol–water partition coefficient (Wildman–Crippen LogP) is 2.90. The molecule has 2 N–H and O–H groups in total. The molecule has 9 nitrogen and oxygen atoms in total. The van der Waals surface area contributed by atoms with Gasteiger partial charge in [0.05, 0.1) is 5.69 Å². The third kappa shape index (κ3) is 7.14. The monoisotopic (exact) mass is 557 g/mol. The summed E-state index contributed by atoms with van der Waals surface area (Å²) in [6, 6.07) is 11.2. The average molecular weight is 558 g/mol. The zero-order chi connectivity index (χ0) is 28.1. The van der Waals surface area contributed by atoms with E-state index in [1.807, 2.05) is 25.9 Å². The maximum absolute atomic E-state index is 13.2. The topological polar surface area (TPSA) is 94.2 Å². The van der Waals surface area contributed by atoms with Gasteiger partial charge in [-0.1, -0.05) is 23.7 Å². The Morgan fingerprint density at radius 1 is 1.10 bits per heavy atom. The maximum atomic E-state index is 13.2. The lowest BCUT2D eigenvalue weighted by atomic mass is 10.1. The number of ether oxygens (including phenoxy) is 1. The van der Waals surface area contributed by atoms with E-state index >= 15 is 0 Å². The van der Waals surface area contributed by atoms with E-state index in [2.05, 4.69) is 15.5 Å². The lowest BCUT2D eigenvalue weighted by Gasteiger charge is -2.39. The highest BCUT2D eigenvalue weighted by Crippen LogP contribution is 2.32. The van der Waals surface area contributed by atoms with Crippen molar-refractivity contribution in [2.24, 2.45) is 0 Å². The highest BCUT2D eigenvalue weighted by atomic mass is 35.5. The van der Waals surface area contributed by atoms with Crippen molar-refractivity contribution in [3.63, 3.8) is 0 Å². The number of nitrogens with zero attached hydrogens (tertiary/aromatic N) is 3. The molecule has 0 unspecified atom stereocenters. The van der Waals surface area contributed by atoms with Gasteiger partial charge in [-0.3, -0.25) is 19.3 Å². The summed E-state index contributed by atoms with van der Waals surface area (Å²) in [5.74, 6) is -0.0872. The lowest BCUT2D eigenvalue weighted by Crippen LogP contribution is -2.54. The second-order valence-electron chi connectivity index (χ2n) is 9.99. The summed E-state index contributed by atoms with van der Waals surface area (Å²) in [5, 5.41) is 6.38. The molecular formula is C28H33ClFN5O4. The second kappa shape index (κ2) is 12.6.